The fourth-order valence-electron chi connectivity index (χ4n) is 0.620. The predicted molar refractivity (Wildman–Crippen MR) is 34.7 cm³/mol. The Hall–Kier alpha value is -0.0700. The Morgan fingerprint density at radius 2 is 1.88 bits per heavy atom. The van der Waals surface area contributed by atoms with Gasteiger partial charge in [-0.2, -0.15) is 0 Å². The minimum absolute atomic E-state index is 0.0320. The highest BCUT2D eigenvalue weighted by atomic mass is 19.1. The summed E-state index contributed by atoms with van der Waals surface area (Å²) in [6.45, 7) is 1.67. The van der Waals surface area contributed by atoms with E-state index in [0.29, 0.717) is 6.42 Å². The summed E-state index contributed by atoms with van der Waals surface area (Å²) in [6, 6.07) is 0. The Kier molecular flexibility index (Phi) is 5.25. The molecular formula is C7H15F. The number of alkyl halides is 1. The summed E-state index contributed by atoms with van der Waals surface area (Å²) in [5.41, 5.74) is 0. The maximum atomic E-state index is 11.5. The van der Waals surface area contributed by atoms with E-state index < -0.39 is 0 Å². The molecule has 0 heterocycles. The molecule has 0 fully saturated rings. The second-order valence-corrected chi connectivity index (χ2v) is 1.95. The van der Waals surface area contributed by atoms with Crippen molar-refractivity contribution < 1.29 is 5.76 Å². The van der Waals surface area contributed by atoms with Gasteiger partial charge in [0.05, 0.1) is 6.67 Å². The SMILES string of the molecule is [3H]C(C)CCCCCF. The smallest absolute Gasteiger partial charge is 0.0894 e. The average molecular weight is 120 g/mol. The van der Waals surface area contributed by atoms with E-state index in [-0.39, 0.29) is 13.1 Å². The maximum Gasteiger partial charge on any atom is 0.0894 e. The molecule has 0 aromatic heterocycles. The van der Waals surface area contributed by atoms with Gasteiger partial charge in [-0.3, -0.25) is 4.39 Å². The van der Waals surface area contributed by atoms with Crippen LogP contribution in [0.2, 0.25) is 0 Å². The highest BCUT2D eigenvalue weighted by molar-refractivity contribution is 4.39. The lowest BCUT2D eigenvalue weighted by molar-refractivity contribution is 0.452. The Bertz CT molecular complexity index is 54.9. The van der Waals surface area contributed by atoms with Gasteiger partial charge in [0.25, 0.3) is 0 Å². The van der Waals surface area contributed by atoms with Crippen LogP contribution in [-0.4, -0.2) is 6.67 Å². The van der Waals surface area contributed by atoms with E-state index in [9.17, 15) is 4.39 Å². The highest BCUT2D eigenvalue weighted by Crippen LogP contribution is 2.01. The predicted octanol–water partition coefficient (Wildman–Crippen LogP) is 2.93. The van der Waals surface area contributed by atoms with Crippen LogP contribution in [0.15, 0.2) is 0 Å². The zero-order chi connectivity index (χ0) is 7.11. The van der Waals surface area contributed by atoms with Gasteiger partial charge in [-0.25, -0.2) is 0 Å². The molecule has 0 aliphatic carbocycles. The molecule has 1 unspecified atom stereocenters. The second-order valence-electron chi connectivity index (χ2n) is 1.95. The molecule has 0 saturated carbocycles. The summed E-state index contributed by atoms with van der Waals surface area (Å²) in [5, 5.41) is 0. The molecule has 0 saturated heterocycles. The summed E-state index contributed by atoms with van der Waals surface area (Å²) in [6.07, 6.45) is 3.57. The minimum Gasteiger partial charge on any atom is -0.251 e. The van der Waals surface area contributed by atoms with Gasteiger partial charge in [0.1, 0.15) is 0 Å². The fraction of sp³-hybridized carbons (Fsp3) is 1.00. The van der Waals surface area contributed by atoms with Gasteiger partial charge in [-0.1, -0.05) is 32.6 Å². The summed E-state index contributed by atoms with van der Waals surface area (Å²) in [4.78, 5) is 0. The van der Waals surface area contributed by atoms with Crippen LogP contribution in [0.4, 0.5) is 4.39 Å². The van der Waals surface area contributed by atoms with Gasteiger partial charge >= 0.3 is 0 Å². The molecule has 0 aliphatic rings. The van der Waals surface area contributed by atoms with Crippen molar-refractivity contribution in [2.75, 3.05) is 6.67 Å². The third-order valence-electron chi connectivity index (χ3n) is 1.13. The van der Waals surface area contributed by atoms with Crippen molar-refractivity contribution in [3.05, 3.63) is 0 Å². The first kappa shape index (κ1) is 6.06. The molecule has 0 aromatic carbocycles. The van der Waals surface area contributed by atoms with Gasteiger partial charge in [0.2, 0.25) is 0 Å². The van der Waals surface area contributed by atoms with Crippen LogP contribution in [0.5, 0.6) is 0 Å². The van der Waals surface area contributed by atoms with E-state index in [4.69, 9.17) is 1.37 Å². The summed E-state index contributed by atoms with van der Waals surface area (Å²) in [5.74, 6) is 0. The van der Waals surface area contributed by atoms with Crippen molar-refractivity contribution in [1.29, 1.82) is 0 Å². The van der Waals surface area contributed by atoms with Gasteiger partial charge in [0, 0.05) is 1.37 Å². The van der Waals surface area contributed by atoms with Crippen LogP contribution >= 0.6 is 0 Å². The van der Waals surface area contributed by atoms with E-state index in [1.165, 1.54) is 0 Å². The Labute approximate surface area is 52.5 Å². The molecule has 0 radical (unpaired) electrons. The summed E-state index contributed by atoms with van der Waals surface area (Å²) in [7, 11) is 0. The number of hydrogen-bond acceptors (Lipinski definition) is 0. The van der Waals surface area contributed by atoms with Crippen molar-refractivity contribution in [2.45, 2.75) is 39.0 Å². The van der Waals surface area contributed by atoms with Gasteiger partial charge in [0.15, 0.2) is 0 Å². The number of hydrogen-bond donors (Lipinski definition) is 0. The average Bonchev–Trinajstić information content (AvgIpc) is 1.80. The molecule has 8 heavy (non-hydrogen) atoms. The third-order valence-corrected chi connectivity index (χ3v) is 1.13. The van der Waals surface area contributed by atoms with Gasteiger partial charge < -0.3 is 0 Å². The van der Waals surface area contributed by atoms with Crippen LogP contribution in [0, 0.1) is 0 Å². The third kappa shape index (κ3) is 5.93. The molecule has 0 spiro atoms. The Morgan fingerprint density at radius 1 is 1.25 bits per heavy atom. The molecule has 0 aromatic rings. The monoisotopic (exact) mass is 120 g/mol. The molecule has 1 atom stereocenters. The van der Waals surface area contributed by atoms with Crippen LogP contribution in [-0.2, 0) is 0 Å². The summed E-state index contributed by atoms with van der Waals surface area (Å²) < 4.78 is 18.6. The largest absolute Gasteiger partial charge is 0.251 e. The molecule has 0 rings (SSSR count). The highest BCUT2D eigenvalue weighted by Gasteiger charge is 1.84. The molecule has 0 bridgehead atoms. The van der Waals surface area contributed by atoms with Crippen molar-refractivity contribution >= 4 is 0 Å². The number of rotatable bonds is 5. The van der Waals surface area contributed by atoms with Gasteiger partial charge in [-0.05, 0) is 6.42 Å². The maximum absolute atomic E-state index is 11.5. The van der Waals surface area contributed by atoms with E-state index in [1.54, 1.807) is 0 Å². The molecular weight excluding hydrogens is 103 g/mol. The Balaban J connectivity index is 2.75. The van der Waals surface area contributed by atoms with Crippen LogP contribution in [0.3, 0.4) is 0 Å². The minimum atomic E-state index is -0.202. The normalized spacial score (nSPS) is 15.5. The zero-order valence-electron chi connectivity index (χ0n) is 6.49. The first-order valence-electron chi connectivity index (χ1n) is 3.83. The van der Waals surface area contributed by atoms with E-state index in [2.05, 4.69) is 0 Å². The van der Waals surface area contributed by atoms with E-state index >= 15 is 0 Å². The lowest BCUT2D eigenvalue weighted by Gasteiger charge is -1.92. The zero-order valence-corrected chi connectivity index (χ0v) is 5.49. The quantitative estimate of drug-likeness (QED) is 0.489. The molecule has 1 heteroatoms. The number of halogens is 1. The van der Waals surface area contributed by atoms with Crippen LogP contribution < -0.4 is 0 Å². The molecule has 50 valence electrons. The van der Waals surface area contributed by atoms with Crippen LogP contribution in [0.1, 0.15) is 40.4 Å². The standard InChI is InChI=1S/C7H15F/c1-2-3-4-5-6-7-8/h2-7H2,1H3/i2T. The van der Waals surface area contributed by atoms with Gasteiger partial charge in [-0.15, -0.1) is 0 Å². The molecule has 0 N–H and O–H groups in total. The van der Waals surface area contributed by atoms with E-state index in [0.717, 1.165) is 19.3 Å². The molecule has 0 aliphatic heterocycles. The van der Waals surface area contributed by atoms with E-state index in [1.807, 2.05) is 6.92 Å². The van der Waals surface area contributed by atoms with Crippen molar-refractivity contribution in [2.24, 2.45) is 0 Å². The van der Waals surface area contributed by atoms with Crippen LogP contribution in [0.25, 0.3) is 0 Å². The van der Waals surface area contributed by atoms with Crippen molar-refractivity contribution in [1.82, 2.24) is 0 Å². The Morgan fingerprint density at radius 3 is 2.38 bits per heavy atom. The second kappa shape index (κ2) is 6.93. The van der Waals surface area contributed by atoms with Crippen molar-refractivity contribution in [3.8, 4) is 0 Å². The lowest BCUT2D eigenvalue weighted by atomic mass is 10.2. The first-order chi connectivity index (χ1) is 4.27. The number of unbranched alkanes of at least 4 members (excludes halogenated alkanes) is 2. The van der Waals surface area contributed by atoms with Crippen molar-refractivity contribution in [3.63, 3.8) is 0 Å². The molecule has 0 nitrogen and oxygen atoms in total. The lowest BCUT2D eigenvalue weighted by Crippen LogP contribution is -1.77. The molecule has 0 amide bonds. The topological polar surface area (TPSA) is 0 Å². The fourth-order valence-corrected chi connectivity index (χ4v) is 0.620. The first-order valence-corrected chi connectivity index (χ1v) is 3.25. The summed E-state index contributed by atoms with van der Waals surface area (Å²) >= 11 is 0.